The van der Waals surface area contributed by atoms with Crippen LogP contribution >= 0.6 is 7.60 Å². The van der Waals surface area contributed by atoms with E-state index in [-0.39, 0.29) is 22.6 Å². The lowest BCUT2D eigenvalue weighted by Gasteiger charge is -2.35. The summed E-state index contributed by atoms with van der Waals surface area (Å²) in [6, 6.07) is 0. The van der Waals surface area contributed by atoms with Gasteiger partial charge in [0.25, 0.3) is 0 Å². The van der Waals surface area contributed by atoms with Crippen LogP contribution in [0.3, 0.4) is 0 Å². The number of aromatic nitrogens is 1. The van der Waals surface area contributed by atoms with Crippen LogP contribution in [0.2, 0.25) is 0 Å². The highest BCUT2D eigenvalue weighted by atomic mass is 31.2. The zero-order valence-corrected chi connectivity index (χ0v) is 16.1. The standard InChI is InChI=1S/C16H27FNO5P/c1-10-13(20)12(9-19)11(8-18-10)14(17)22-24(21,16(5,6)7)23-15(2,3)4/h8,14,19-20H,9H2,1-7H3. The summed E-state index contributed by atoms with van der Waals surface area (Å²) >= 11 is 0. The highest BCUT2D eigenvalue weighted by Gasteiger charge is 2.45. The van der Waals surface area contributed by atoms with Crippen molar-refractivity contribution in [2.24, 2.45) is 0 Å². The number of pyridine rings is 1. The minimum atomic E-state index is -3.87. The number of aryl methyl sites for hydroxylation is 1. The molecule has 6 nitrogen and oxygen atoms in total. The molecule has 8 heteroatoms. The Hall–Kier alpha value is -1.01. The fraction of sp³-hybridized carbons (Fsp3) is 0.688. The molecule has 0 fully saturated rings. The molecule has 0 aromatic carbocycles. The molecule has 138 valence electrons. The molecule has 0 aliphatic rings. The second-order valence-corrected chi connectivity index (χ2v) is 10.3. The van der Waals surface area contributed by atoms with Gasteiger partial charge in [-0.3, -0.25) is 14.1 Å². The SMILES string of the molecule is Cc1ncc(C(F)OP(=O)(OC(C)(C)C)C(C)(C)C)c(CO)c1O. The van der Waals surface area contributed by atoms with Crippen LogP contribution in [0.25, 0.3) is 0 Å². The van der Waals surface area contributed by atoms with Gasteiger partial charge < -0.3 is 14.7 Å². The van der Waals surface area contributed by atoms with Crippen molar-refractivity contribution in [3.05, 3.63) is 23.0 Å². The first-order valence-electron chi connectivity index (χ1n) is 7.63. The first kappa shape index (κ1) is 21.0. The summed E-state index contributed by atoms with van der Waals surface area (Å²) in [7, 11) is -3.87. The fourth-order valence-corrected chi connectivity index (χ4v) is 3.59. The summed E-state index contributed by atoms with van der Waals surface area (Å²) < 4.78 is 38.7. The maximum absolute atomic E-state index is 14.8. The molecule has 24 heavy (non-hydrogen) atoms. The van der Waals surface area contributed by atoms with Gasteiger partial charge in [0.05, 0.1) is 23.1 Å². The van der Waals surface area contributed by atoms with Crippen molar-refractivity contribution in [1.82, 2.24) is 4.98 Å². The number of nitrogens with zero attached hydrogens (tertiary/aromatic N) is 1. The molecule has 0 amide bonds. The fourth-order valence-electron chi connectivity index (χ4n) is 1.88. The van der Waals surface area contributed by atoms with Crippen LogP contribution in [0.4, 0.5) is 4.39 Å². The van der Waals surface area contributed by atoms with Crippen LogP contribution in [0, 0.1) is 6.92 Å². The molecule has 0 saturated heterocycles. The van der Waals surface area contributed by atoms with Crippen molar-refractivity contribution < 1.29 is 28.2 Å². The number of aromatic hydroxyl groups is 1. The molecule has 0 bridgehead atoms. The van der Waals surface area contributed by atoms with E-state index in [1.807, 2.05) is 0 Å². The van der Waals surface area contributed by atoms with E-state index >= 15 is 0 Å². The Morgan fingerprint density at radius 3 is 2.25 bits per heavy atom. The first-order valence-corrected chi connectivity index (χ1v) is 9.17. The van der Waals surface area contributed by atoms with Gasteiger partial charge in [-0.1, -0.05) is 0 Å². The lowest BCUT2D eigenvalue weighted by atomic mass is 10.1. The van der Waals surface area contributed by atoms with E-state index in [0.29, 0.717) is 0 Å². The highest BCUT2D eigenvalue weighted by Crippen LogP contribution is 2.64. The highest BCUT2D eigenvalue weighted by molar-refractivity contribution is 7.55. The number of halogens is 1. The van der Waals surface area contributed by atoms with Gasteiger partial charge in [-0.2, -0.15) is 0 Å². The van der Waals surface area contributed by atoms with Crippen LogP contribution in [0.5, 0.6) is 5.75 Å². The summed E-state index contributed by atoms with van der Waals surface area (Å²) in [6.45, 7) is 10.9. The molecule has 0 radical (unpaired) electrons. The number of hydrogen-bond acceptors (Lipinski definition) is 6. The van der Waals surface area contributed by atoms with E-state index in [9.17, 15) is 19.2 Å². The van der Waals surface area contributed by atoms with Gasteiger partial charge in [0.2, 0.25) is 6.36 Å². The normalized spacial score (nSPS) is 16.7. The van der Waals surface area contributed by atoms with E-state index in [1.165, 1.54) is 6.92 Å². The van der Waals surface area contributed by atoms with Gasteiger partial charge >= 0.3 is 7.60 Å². The quantitative estimate of drug-likeness (QED) is 0.755. The average Bonchev–Trinajstić information content (AvgIpc) is 2.37. The van der Waals surface area contributed by atoms with Crippen molar-refractivity contribution >= 4 is 7.60 Å². The molecule has 0 spiro atoms. The number of alkyl halides is 1. The topological polar surface area (TPSA) is 88.9 Å². The lowest BCUT2D eigenvalue weighted by Crippen LogP contribution is -2.27. The van der Waals surface area contributed by atoms with E-state index in [0.717, 1.165) is 6.20 Å². The largest absolute Gasteiger partial charge is 0.506 e. The third-order valence-electron chi connectivity index (χ3n) is 3.22. The van der Waals surface area contributed by atoms with E-state index in [2.05, 4.69) is 4.98 Å². The summed E-state index contributed by atoms with van der Waals surface area (Å²) in [5.74, 6) is -0.316. The Balaban J connectivity index is 3.26. The van der Waals surface area contributed by atoms with Crippen LogP contribution < -0.4 is 0 Å². The Kier molecular flexibility index (Phi) is 6.21. The molecular weight excluding hydrogens is 336 g/mol. The molecule has 1 aromatic heterocycles. The molecule has 0 aliphatic heterocycles. The maximum atomic E-state index is 14.8. The average molecular weight is 363 g/mol. The third kappa shape index (κ3) is 4.76. The minimum absolute atomic E-state index is 0.0498. The second kappa shape index (κ2) is 7.08. The summed E-state index contributed by atoms with van der Waals surface area (Å²) in [6.07, 6.45) is -1.02. The molecule has 2 N–H and O–H groups in total. The van der Waals surface area contributed by atoms with Crippen molar-refractivity contribution in [3.63, 3.8) is 0 Å². The molecular formula is C16H27FNO5P. The number of aliphatic hydroxyl groups is 1. The Morgan fingerprint density at radius 1 is 1.29 bits per heavy atom. The minimum Gasteiger partial charge on any atom is -0.506 e. The van der Waals surface area contributed by atoms with Gasteiger partial charge in [0.1, 0.15) is 5.75 Å². The third-order valence-corrected chi connectivity index (χ3v) is 6.12. The van der Waals surface area contributed by atoms with Gasteiger partial charge in [-0.15, -0.1) is 0 Å². The monoisotopic (exact) mass is 363 g/mol. The van der Waals surface area contributed by atoms with Crippen LogP contribution in [0.15, 0.2) is 6.20 Å². The Bertz CT molecular complexity index is 637. The molecule has 0 saturated carbocycles. The predicted molar refractivity (Wildman–Crippen MR) is 89.7 cm³/mol. The maximum Gasteiger partial charge on any atom is 0.339 e. The van der Waals surface area contributed by atoms with Crippen molar-refractivity contribution in [2.75, 3.05) is 0 Å². The molecule has 1 aromatic rings. The van der Waals surface area contributed by atoms with Crippen LogP contribution in [0.1, 0.15) is 64.7 Å². The smallest absolute Gasteiger partial charge is 0.339 e. The van der Waals surface area contributed by atoms with Crippen molar-refractivity contribution in [3.8, 4) is 5.75 Å². The Morgan fingerprint density at radius 2 is 1.83 bits per heavy atom. The molecule has 2 unspecified atom stereocenters. The van der Waals surface area contributed by atoms with Crippen LogP contribution in [-0.4, -0.2) is 26.0 Å². The van der Waals surface area contributed by atoms with Gasteiger partial charge in [0, 0.05) is 17.3 Å². The van der Waals surface area contributed by atoms with Crippen molar-refractivity contribution in [1.29, 1.82) is 0 Å². The molecule has 2 atom stereocenters. The van der Waals surface area contributed by atoms with E-state index < -0.39 is 31.3 Å². The number of rotatable bonds is 5. The van der Waals surface area contributed by atoms with E-state index in [1.54, 1.807) is 41.5 Å². The summed E-state index contributed by atoms with van der Waals surface area (Å²) in [4.78, 5) is 3.86. The van der Waals surface area contributed by atoms with Gasteiger partial charge in [-0.05, 0) is 48.5 Å². The van der Waals surface area contributed by atoms with Crippen molar-refractivity contribution in [2.45, 2.75) is 72.2 Å². The molecule has 0 aliphatic carbocycles. The molecule has 1 rings (SSSR count). The van der Waals surface area contributed by atoms with Crippen LogP contribution in [-0.2, 0) is 20.2 Å². The van der Waals surface area contributed by atoms with Gasteiger partial charge in [-0.25, -0.2) is 4.39 Å². The number of aliphatic hydroxyl groups excluding tert-OH is 1. The second-order valence-electron chi connectivity index (χ2n) is 7.58. The Labute approximate surface area is 142 Å². The van der Waals surface area contributed by atoms with Gasteiger partial charge in [0.15, 0.2) is 0 Å². The summed E-state index contributed by atoms with van der Waals surface area (Å²) in [5, 5.41) is 18.4. The zero-order valence-electron chi connectivity index (χ0n) is 15.3. The first-order chi connectivity index (χ1) is 10.7. The summed E-state index contributed by atoms with van der Waals surface area (Å²) in [5.41, 5.74) is -0.788. The molecule has 1 heterocycles. The predicted octanol–water partition coefficient (Wildman–Crippen LogP) is 4.38. The number of hydrogen-bond donors (Lipinski definition) is 2. The lowest BCUT2D eigenvalue weighted by molar-refractivity contribution is 0.0118. The van der Waals surface area contributed by atoms with E-state index in [4.69, 9.17) is 9.05 Å². The zero-order chi connectivity index (χ0) is 18.9.